The zero-order chi connectivity index (χ0) is 13.0. The highest BCUT2D eigenvalue weighted by atomic mass is 35.5. The molecule has 0 aliphatic heterocycles. The van der Waals surface area contributed by atoms with Gasteiger partial charge in [0.15, 0.2) is 0 Å². The molecule has 0 saturated heterocycles. The van der Waals surface area contributed by atoms with Crippen LogP contribution in [0.15, 0.2) is 18.2 Å². The summed E-state index contributed by atoms with van der Waals surface area (Å²) in [6.07, 6.45) is 0.281. The number of halogens is 2. The molecular formula is C11H11Cl2NO3. The number of amides is 1. The molecule has 1 aromatic rings. The number of hydrogen-bond acceptors (Lipinski definition) is 2. The number of carbonyl (C=O) groups excluding carboxylic acids is 1. The van der Waals surface area contributed by atoms with Gasteiger partial charge in [-0.25, -0.2) is 4.79 Å². The van der Waals surface area contributed by atoms with Gasteiger partial charge in [0, 0.05) is 0 Å². The predicted molar refractivity (Wildman–Crippen MR) is 65.6 cm³/mol. The molecular weight excluding hydrogens is 265 g/mol. The van der Waals surface area contributed by atoms with Crippen LogP contribution in [0.5, 0.6) is 0 Å². The van der Waals surface area contributed by atoms with Gasteiger partial charge in [-0.15, -0.1) is 0 Å². The number of rotatable bonds is 4. The second-order valence-electron chi connectivity index (χ2n) is 3.37. The Bertz CT molecular complexity index is 428. The molecule has 1 aromatic carbocycles. The highest BCUT2D eigenvalue weighted by molar-refractivity contribution is 6.39. The third-order valence-corrected chi connectivity index (χ3v) is 2.83. The molecule has 0 heterocycles. The quantitative estimate of drug-likeness (QED) is 0.888. The number of benzene rings is 1. The third kappa shape index (κ3) is 3.35. The number of nitrogens with one attached hydrogen (secondary N) is 1. The number of carboxylic acids is 1. The molecule has 0 spiro atoms. The molecule has 1 unspecified atom stereocenters. The maximum atomic E-state index is 11.8. The van der Waals surface area contributed by atoms with Crippen molar-refractivity contribution in [3.8, 4) is 0 Å². The van der Waals surface area contributed by atoms with Gasteiger partial charge in [-0.1, -0.05) is 36.2 Å². The van der Waals surface area contributed by atoms with Crippen molar-refractivity contribution >= 4 is 35.1 Å². The molecule has 17 heavy (non-hydrogen) atoms. The fourth-order valence-corrected chi connectivity index (χ4v) is 1.85. The summed E-state index contributed by atoms with van der Waals surface area (Å²) in [5.41, 5.74) is 0.0931. The van der Waals surface area contributed by atoms with E-state index in [0.29, 0.717) is 0 Å². The first kappa shape index (κ1) is 13.8. The first-order valence-corrected chi connectivity index (χ1v) is 5.70. The molecule has 2 N–H and O–H groups in total. The zero-order valence-corrected chi connectivity index (χ0v) is 10.5. The molecule has 1 atom stereocenters. The summed E-state index contributed by atoms with van der Waals surface area (Å²) >= 11 is 11.7. The lowest BCUT2D eigenvalue weighted by molar-refractivity contribution is -0.139. The van der Waals surface area contributed by atoms with Gasteiger partial charge in [-0.3, -0.25) is 4.79 Å². The minimum absolute atomic E-state index is 0.0931. The van der Waals surface area contributed by atoms with Crippen LogP contribution in [0.25, 0.3) is 0 Å². The molecule has 0 aliphatic rings. The van der Waals surface area contributed by atoms with Gasteiger partial charge in [-0.2, -0.15) is 0 Å². The zero-order valence-electron chi connectivity index (χ0n) is 9.04. The Morgan fingerprint density at radius 3 is 2.29 bits per heavy atom. The first-order valence-electron chi connectivity index (χ1n) is 4.95. The molecule has 0 radical (unpaired) electrons. The van der Waals surface area contributed by atoms with Crippen LogP contribution in [0.2, 0.25) is 10.0 Å². The van der Waals surface area contributed by atoms with E-state index in [1.165, 1.54) is 12.1 Å². The Morgan fingerprint density at radius 2 is 1.88 bits per heavy atom. The van der Waals surface area contributed by atoms with Crippen LogP contribution in [-0.2, 0) is 4.79 Å². The minimum atomic E-state index is -1.09. The smallest absolute Gasteiger partial charge is 0.326 e. The van der Waals surface area contributed by atoms with E-state index in [2.05, 4.69) is 5.32 Å². The molecule has 92 valence electrons. The SMILES string of the molecule is CCC(NC(=O)c1c(Cl)cccc1Cl)C(=O)O. The summed E-state index contributed by atoms with van der Waals surface area (Å²) < 4.78 is 0. The standard InChI is InChI=1S/C11H11Cl2NO3/c1-2-8(11(16)17)14-10(15)9-6(12)4-3-5-7(9)13/h3-5,8H,2H2,1H3,(H,14,15)(H,16,17). The first-order chi connectivity index (χ1) is 7.97. The van der Waals surface area contributed by atoms with Crippen molar-refractivity contribution in [3.63, 3.8) is 0 Å². The van der Waals surface area contributed by atoms with Crippen molar-refractivity contribution in [2.45, 2.75) is 19.4 Å². The summed E-state index contributed by atoms with van der Waals surface area (Å²) in [5, 5.41) is 11.6. The monoisotopic (exact) mass is 275 g/mol. The Balaban J connectivity index is 2.94. The van der Waals surface area contributed by atoms with E-state index in [0.717, 1.165) is 0 Å². The van der Waals surface area contributed by atoms with Crippen molar-refractivity contribution in [2.75, 3.05) is 0 Å². The molecule has 1 rings (SSSR count). The Labute approximate surface area is 109 Å². The van der Waals surface area contributed by atoms with Crippen molar-refractivity contribution in [3.05, 3.63) is 33.8 Å². The van der Waals surface area contributed by atoms with Gasteiger partial charge in [-0.05, 0) is 18.6 Å². The van der Waals surface area contributed by atoms with E-state index in [-0.39, 0.29) is 22.0 Å². The highest BCUT2D eigenvalue weighted by Gasteiger charge is 2.21. The van der Waals surface area contributed by atoms with E-state index >= 15 is 0 Å². The highest BCUT2D eigenvalue weighted by Crippen LogP contribution is 2.24. The van der Waals surface area contributed by atoms with Crippen LogP contribution >= 0.6 is 23.2 Å². The molecule has 6 heteroatoms. The van der Waals surface area contributed by atoms with Gasteiger partial charge in [0.1, 0.15) is 6.04 Å². The van der Waals surface area contributed by atoms with Crippen molar-refractivity contribution in [2.24, 2.45) is 0 Å². The Kier molecular flexibility index (Phi) is 4.78. The van der Waals surface area contributed by atoms with Gasteiger partial charge >= 0.3 is 5.97 Å². The van der Waals surface area contributed by atoms with E-state index in [1.807, 2.05) is 0 Å². The van der Waals surface area contributed by atoms with Crippen LogP contribution in [-0.4, -0.2) is 23.0 Å². The average molecular weight is 276 g/mol. The summed E-state index contributed by atoms with van der Waals surface area (Å²) in [7, 11) is 0. The normalized spacial score (nSPS) is 11.9. The van der Waals surface area contributed by atoms with E-state index in [9.17, 15) is 9.59 Å². The predicted octanol–water partition coefficient (Wildman–Crippen LogP) is 2.59. The minimum Gasteiger partial charge on any atom is -0.480 e. The van der Waals surface area contributed by atoms with Crippen LogP contribution < -0.4 is 5.32 Å². The largest absolute Gasteiger partial charge is 0.480 e. The van der Waals surface area contributed by atoms with E-state index in [4.69, 9.17) is 28.3 Å². The van der Waals surface area contributed by atoms with E-state index in [1.54, 1.807) is 13.0 Å². The topological polar surface area (TPSA) is 66.4 Å². The molecule has 0 aliphatic carbocycles. The summed E-state index contributed by atoms with van der Waals surface area (Å²) in [6, 6.07) is 3.69. The summed E-state index contributed by atoms with van der Waals surface area (Å²) in [4.78, 5) is 22.6. The summed E-state index contributed by atoms with van der Waals surface area (Å²) in [5.74, 6) is -1.68. The van der Waals surface area contributed by atoms with Crippen molar-refractivity contribution in [1.82, 2.24) is 5.32 Å². The van der Waals surface area contributed by atoms with Crippen LogP contribution in [0.1, 0.15) is 23.7 Å². The van der Waals surface area contributed by atoms with Crippen LogP contribution in [0, 0.1) is 0 Å². The van der Waals surface area contributed by atoms with Gasteiger partial charge in [0.2, 0.25) is 0 Å². The summed E-state index contributed by atoms with van der Waals surface area (Å²) in [6.45, 7) is 1.66. The number of carboxylic acid groups (broad SMARTS) is 1. The lowest BCUT2D eigenvalue weighted by Gasteiger charge is -2.13. The second-order valence-corrected chi connectivity index (χ2v) is 4.18. The molecule has 0 fully saturated rings. The molecule has 4 nitrogen and oxygen atoms in total. The van der Waals surface area contributed by atoms with Gasteiger partial charge in [0.25, 0.3) is 5.91 Å². The van der Waals surface area contributed by atoms with Crippen LogP contribution in [0.4, 0.5) is 0 Å². The number of aliphatic carboxylic acids is 1. The Hall–Kier alpha value is -1.26. The number of carbonyl (C=O) groups is 2. The average Bonchev–Trinajstić information content (AvgIpc) is 2.25. The van der Waals surface area contributed by atoms with Crippen LogP contribution in [0.3, 0.4) is 0 Å². The van der Waals surface area contributed by atoms with Crippen molar-refractivity contribution in [1.29, 1.82) is 0 Å². The van der Waals surface area contributed by atoms with Gasteiger partial charge < -0.3 is 10.4 Å². The molecule has 1 amide bonds. The van der Waals surface area contributed by atoms with Gasteiger partial charge in [0.05, 0.1) is 15.6 Å². The fourth-order valence-electron chi connectivity index (χ4n) is 1.28. The second kappa shape index (κ2) is 5.89. The number of hydrogen-bond donors (Lipinski definition) is 2. The molecule has 0 aromatic heterocycles. The molecule has 0 bridgehead atoms. The van der Waals surface area contributed by atoms with E-state index < -0.39 is 17.9 Å². The Morgan fingerprint density at radius 1 is 1.35 bits per heavy atom. The fraction of sp³-hybridized carbons (Fsp3) is 0.273. The third-order valence-electron chi connectivity index (χ3n) is 2.20. The van der Waals surface area contributed by atoms with Crippen molar-refractivity contribution < 1.29 is 14.7 Å². The molecule has 0 saturated carbocycles. The maximum absolute atomic E-state index is 11.8. The lowest BCUT2D eigenvalue weighted by atomic mass is 10.1. The lowest BCUT2D eigenvalue weighted by Crippen LogP contribution is -2.40. The maximum Gasteiger partial charge on any atom is 0.326 e.